The molecule has 1 aliphatic heterocycles. The Balaban J connectivity index is 3.00. The van der Waals surface area contributed by atoms with E-state index in [-0.39, 0.29) is 28.8 Å². The molecule has 0 aliphatic carbocycles. The number of carbonyl (C=O) groups is 6. The van der Waals surface area contributed by atoms with Crippen molar-refractivity contribution in [1.82, 2.24) is 10.2 Å². The Morgan fingerprint density at radius 1 is 0.636 bits per heavy atom. The quantitative estimate of drug-likeness (QED) is 0.161. The molecule has 1 N–H and O–H groups in total. The molecular formula is C30H42N2O12. The minimum Gasteiger partial charge on any atom is -0.458 e. The van der Waals surface area contributed by atoms with E-state index in [0.29, 0.717) is 19.3 Å². The van der Waals surface area contributed by atoms with Gasteiger partial charge in [0.15, 0.2) is 12.2 Å². The first-order valence-corrected chi connectivity index (χ1v) is 13.9. The van der Waals surface area contributed by atoms with Gasteiger partial charge in [0.05, 0.1) is 0 Å². The van der Waals surface area contributed by atoms with Gasteiger partial charge in [-0.25, -0.2) is 28.8 Å². The van der Waals surface area contributed by atoms with E-state index in [1.807, 2.05) is 0 Å². The highest BCUT2D eigenvalue weighted by atomic mass is 16.6. The zero-order valence-electron chi connectivity index (χ0n) is 25.8. The van der Waals surface area contributed by atoms with Gasteiger partial charge in [-0.1, -0.05) is 32.7 Å². The lowest BCUT2D eigenvalue weighted by Crippen LogP contribution is -2.52. The van der Waals surface area contributed by atoms with Crippen LogP contribution >= 0.6 is 0 Å². The Labute approximate surface area is 257 Å². The second-order valence-electron chi connectivity index (χ2n) is 10.3. The summed E-state index contributed by atoms with van der Waals surface area (Å²) in [5.74, 6) is -2.93. The first-order valence-electron chi connectivity index (χ1n) is 13.9. The van der Waals surface area contributed by atoms with Crippen molar-refractivity contribution in [2.45, 2.75) is 71.8 Å². The number of alkyl carbamates (subject to hydrolysis) is 1. The number of esters is 4. The van der Waals surface area contributed by atoms with Crippen LogP contribution in [0.1, 0.15) is 53.4 Å². The average Bonchev–Trinajstić information content (AvgIpc) is 3.19. The van der Waals surface area contributed by atoms with Gasteiger partial charge in [0.1, 0.15) is 32.6 Å². The average molecular weight is 623 g/mol. The Kier molecular flexibility index (Phi) is 16.0. The van der Waals surface area contributed by atoms with E-state index in [9.17, 15) is 28.8 Å². The predicted octanol–water partition coefficient (Wildman–Crippen LogP) is 3.27. The molecule has 0 bridgehead atoms. The zero-order chi connectivity index (χ0) is 33.4. The molecule has 0 radical (unpaired) electrons. The van der Waals surface area contributed by atoms with Crippen molar-refractivity contribution in [2.75, 3.05) is 33.0 Å². The van der Waals surface area contributed by atoms with Crippen LogP contribution in [0.4, 0.5) is 9.59 Å². The van der Waals surface area contributed by atoms with Gasteiger partial charge in [0, 0.05) is 28.8 Å². The second kappa shape index (κ2) is 18.8. The van der Waals surface area contributed by atoms with Gasteiger partial charge in [-0.3, -0.25) is 4.90 Å². The van der Waals surface area contributed by atoms with E-state index in [1.165, 1.54) is 32.6 Å². The third-order valence-electron chi connectivity index (χ3n) is 5.81. The largest absolute Gasteiger partial charge is 0.458 e. The molecule has 0 aromatic carbocycles. The normalized spacial score (nSPS) is 14.4. The van der Waals surface area contributed by atoms with Crippen LogP contribution in [-0.4, -0.2) is 92.3 Å². The Hall–Kier alpha value is -4.62. The van der Waals surface area contributed by atoms with Gasteiger partial charge in [0.25, 0.3) is 0 Å². The van der Waals surface area contributed by atoms with E-state index < -0.39 is 80.9 Å². The maximum Gasteiger partial charge on any atom is 0.411 e. The number of nitrogens with one attached hydrogen (secondary N) is 1. The lowest BCUT2D eigenvalue weighted by atomic mass is 10.2. The van der Waals surface area contributed by atoms with E-state index in [1.54, 1.807) is 0 Å². The first-order chi connectivity index (χ1) is 20.6. The molecule has 1 fully saturated rings. The molecule has 0 aromatic rings. The Bertz CT molecular complexity index is 1080. The summed E-state index contributed by atoms with van der Waals surface area (Å²) in [6.07, 6.45) is -2.77. The number of carbonyl (C=O) groups excluding carboxylic acids is 6. The summed E-state index contributed by atoms with van der Waals surface area (Å²) in [4.78, 5) is 75.0. The van der Waals surface area contributed by atoms with Crippen LogP contribution in [0, 0.1) is 0 Å². The fraction of sp³-hybridized carbons (Fsp3) is 0.533. The van der Waals surface area contributed by atoms with Crippen molar-refractivity contribution >= 4 is 36.1 Å². The molecule has 1 unspecified atom stereocenters. The predicted molar refractivity (Wildman–Crippen MR) is 156 cm³/mol. The maximum absolute atomic E-state index is 13.3. The van der Waals surface area contributed by atoms with Crippen LogP contribution in [0.25, 0.3) is 0 Å². The van der Waals surface area contributed by atoms with Crippen LogP contribution in [0.5, 0.6) is 0 Å². The molecule has 244 valence electrons. The lowest BCUT2D eigenvalue weighted by molar-refractivity contribution is -0.149. The highest BCUT2D eigenvalue weighted by Crippen LogP contribution is 2.18. The summed E-state index contributed by atoms with van der Waals surface area (Å²) in [6.45, 7) is 18.2. The summed E-state index contributed by atoms with van der Waals surface area (Å²) >= 11 is 0. The van der Waals surface area contributed by atoms with Crippen LogP contribution in [0.3, 0.4) is 0 Å². The van der Waals surface area contributed by atoms with Crippen LogP contribution < -0.4 is 5.32 Å². The van der Waals surface area contributed by atoms with Crippen molar-refractivity contribution in [3.8, 4) is 0 Å². The molecule has 1 rings (SSSR count). The molecule has 1 saturated heterocycles. The summed E-state index contributed by atoms with van der Waals surface area (Å²) in [6, 6.07) is 0. The Morgan fingerprint density at radius 3 is 1.41 bits per heavy atom. The van der Waals surface area contributed by atoms with Gasteiger partial charge in [-0.2, -0.15) is 0 Å². The molecule has 0 saturated carbocycles. The number of hydrogen-bond donors (Lipinski definition) is 1. The zero-order valence-corrected chi connectivity index (χ0v) is 25.8. The smallest absolute Gasteiger partial charge is 0.411 e. The second-order valence-corrected chi connectivity index (χ2v) is 10.3. The van der Waals surface area contributed by atoms with Crippen molar-refractivity contribution in [1.29, 1.82) is 0 Å². The minimum absolute atomic E-state index is 0.113. The number of nitrogens with zero attached hydrogens (tertiary/aromatic N) is 1. The molecule has 1 atom stereocenters. The number of ether oxygens (including phenoxy) is 6. The van der Waals surface area contributed by atoms with Gasteiger partial charge < -0.3 is 33.7 Å². The topological polar surface area (TPSA) is 173 Å². The van der Waals surface area contributed by atoms with Crippen molar-refractivity contribution in [2.24, 2.45) is 0 Å². The van der Waals surface area contributed by atoms with Crippen LogP contribution in [0.2, 0.25) is 0 Å². The number of hydrogen-bond acceptors (Lipinski definition) is 12. The van der Waals surface area contributed by atoms with Crippen LogP contribution in [-0.2, 0) is 47.6 Å². The standard InChI is InChI=1S/C30H42N2O12/c1-18(2)25(33)39-14-22(15-40-26(34)19(3)4)43-29(37)31-24-12-10-9-11-13-32(24)30(38)44-23(16-41-27(35)20(5)6)17-42-28(36)21(7)8/h22-24H,1,3,5,7,9-17H2,2,4,6,8H3,(H,31,37). The maximum atomic E-state index is 13.3. The fourth-order valence-corrected chi connectivity index (χ4v) is 3.41. The van der Waals surface area contributed by atoms with E-state index >= 15 is 0 Å². The van der Waals surface area contributed by atoms with Gasteiger partial charge in [-0.15, -0.1) is 0 Å². The van der Waals surface area contributed by atoms with Crippen LogP contribution in [0.15, 0.2) is 48.6 Å². The molecule has 0 aromatic heterocycles. The lowest BCUT2D eigenvalue weighted by Gasteiger charge is -2.31. The minimum atomic E-state index is -1.19. The van der Waals surface area contributed by atoms with E-state index in [4.69, 9.17) is 28.4 Å². The first kappa shape index (κ1) is 37.4. The molecular weight excluding hydrogens is 580 g/mol. The highest BCUT2D eigenvalue weighted by Gasteiger charge is 2.32. The van der Waals surface area contributed by atoms with E-state index in [0.717, 1.165) is 6.42 Å². The van der Waals surface area contributed by atoms with Crippen molar-refractivity contribution < 1.29 is 57.2 Å². The SMILES string of the molecule is C=C(C)C(=O)OCC(COC(=O)C(=C)C)OC(=O)NC1CCCCCN1C(=O)OC(COC(=O)C(=C)C)COC(=O)C(=C)C. The molecule has 1 aliphatic rings. The Morgan fingerprint density at radius 2 is 1.02 bits per heavy atom. The summed E-state index contributed by atoms with van der Waals surface area (Å²) in [7, 11) is 0. The summed E-state index contributed by atoms with van der Waals surface area (Å²) in [5, 5.41) is 2.60. The monoisotopic (exact) mass is 622 g/mol. The number of rotatable bonds is 15. The van der Waals surface area contributed by atoms with Gasteiger partial charge in [0.2, 0.25) is 0 Å². The number of likely N-dealkylation sites (tertiary alicyclic amines) is 1. The van der Waals surface area contributed by atoms with E-state index in [2.05, 4.69) is 31.6 Å². The molecule has 14 nitrogen and oxygen atoms in total. The van der Waals surface area contributed by atoms with Gasteiger partial charge in [-0.05, 0) is 47.0 Å². The highest BCUT2D eigenvalue weighted by molar-refractivity contribution is 5.88. The third kappa shape index (κ3) is 14.0. The molecule has 1 heterocycles. The van der Waals surface area contributed by atoms with Gasteiger partial charge >= 0.3 is 36.1 Å². The molecule has 14 heteroatoms. The third-order valence-corrected chi connectivity index (χ3v) is 5.81. The molecule has 0 spiro atoms. The molecule has 44 heavy (non-hydrogen) atoms. The fourth-order valence-electron chi connectivity index (χ4n) is 3.41. The summed E-state index contributed by atoms with van der Waals surface area (Å²) < 4.78 is 31.2. The van der Waals surface area contributed by atoms with Crippen molar-refractivity contribution in [3.05, 3.63) is 48.6 Å². The summed E-state index contributed by atoms with van der Waals surface area (Å²) in [5.41, 5.74) is 0.460. The molecule has 2 amide bonds. The number of amides is 2. The van der Waals surface area contributed by atoms with Crippen molar-refractivity contribution in [3.63, 3.8) is 0 Å².